The maximum Gasteiger partial charge on any atom is 0.317 e. The lowest BCUT2D eigenvalue weighted by atomic mass is 9.63. The number of rotatable bonds is 3. The molecule has 0 aromatic rings. The standard InChI is InChI=1S/C17H23N3O4/c21-15-13-11-1-2-12(4-3-11)14(13)16(22)20(15)6-5-18-17(23)19-7-9-24-10-8-19/h1-2,11-14H,3-10H2,(H,18,23). The maximum atomic E-state index is 12.6. The van der Waals surface area contributed by atoms with E-state index < -0.39 is 0 Å². The van der Waals surface area contributed by atoms with Crippen molar-refractivity contribution in [3.63, 3.8) is 0 Å². The Bertz CT molecular complexity index is 552. The number of nitrogens with one attached hydrogen (secondary N) is 1. The number of imide groups is 1. The lowest BCUT2D eigenvalue weighted by Gasteiger charge is -2.38. The van der Waals surface area contributed by atoms with Crippen molar-refractivity contribution in [2.24, 2.45) is 23.7 Å². The van der Waals surface area contributed by atoms with Crippen LogP contribution in [0.5, 0.6) is 0 Å². The zero-order valence-electron chi connectivity index (χ0n) is 13.6. The van der Waals surface area contributed by atoms with Gasteiger partial charge in [-0.2, -0.15) is 0 Å². The van der Waals surface area contributed by atoms with Gasteiger partial charge in [-0.25, -0.2) is 4.79 Å². The highest BCUT2D eigenvalue weighted by molar-refractivity contribution is 6.06. The first-order valence-electron chi connectivity index (χ1n) is 8.81. The van der Waals surface area contributed by atoms with E-state index in [0.29, 0.717) is 32.8 Å². The van der Waals surface area contributed by atoms with Crippen molar-refractivity contribution in [2.45, 2.75) is 12.8 Å². The summed E-state index contributed by atoms with van der Waals surface area (Å²) >= 11 is 0. The predicted octanol–water partition coefficient (Wildman–Crippen LogP) is 0.225. The van der Waals surface area contributed by atoms with Gasteiger partial charge in [0.2, 0.25) is 11.8 Å². The predicted molar refractivity (Wildman–Crippen MR) is 84.8 cm³/mol. The van der Waals surface area contributed by atoms with Crippen LogP contribution >= 0.6 is 0 Å². The number of morpholine rings is 1. The molecular weight excluding hydrogens is 310 g/mol. The minimum atomic E-state index is -0.170. The third-order valence-corrected chi connectivity index (χ3v) is 5.76. The summed E-state index contributed by atoms with van der Waals surface area (Å²) < 4.78 is 5.22. The van der Waals surface area contributed by atoms with Crippen LogP contribution in [0.2, 0.25) is 0 Å². The van der Waals surface area contributed by atoms with E-state index in [9.17, 15) is 14.4 Å². The Kier molecular flexibility index (Phi) is 4.04. The molecule has 4 unspecified atom stereocenters. The second-order valence-electron chi connectivity index (χ2n) is 7.00. The van der Waals surface area contributed by atoms with Crippen LogP contribution < -0.4 is 5.32 Å². The van der Waals surface area contributed by atoms with Gasteiger partial charge in [0, 0.05) is 26.2 Å². The lowest BCUT2D eigenvalue weighted by Crippen LogP contribution is -2.48. The van der Waals surface area contributed by atoms with Gasteiger partial charge in [-0.05, 0) is 24.7 Å². The van der Waals surface area contributed by atoms with Gasteiger partial charge in [-0.15, -0.1) is 0 Å². The first kappa shape index (κ1) is 15.6. The van der Waals surface area contributed by atoms with E-state index in [-0.39, 0.29) is 48.1 Å². The summed E-state index contributed by atoms with van der Waals surface area (Å²) in [7, 11) is 0. The van der Waals surface area contributed by atoms with Crippen molar-refractivity contribution in [3.05, 3.63) is 12.2 Å². The Morgan fingerprint density at radius 2 is 1.67 bits per heavy atom. The molecular formula is C17H23N3O4. The number of ether oxygens (including phenoxy) is 1. The normalized spacial score (nSPS) is 34.7. The largest absolute Gasteiger partial charge is 0.378 e. The molecule has 2 bridgehead atoms. The number of carbonyl (C=O) groups excluding carboxylic acids is 3. The monoisotopic (exact) mass is 333 g/mol. The molecule has 0 radical (unpaired) electrons. The Balaban J connectivity index is 1.33. The molecule has 2 saturated heterocycles. The Morgan fingerprint density at radius 1 is 1.08 bits per heavy atom. The molecule has 0 aromatic heterocycles. The van der Waals surface area contributed by atoms with Gasteiger partial charge in [0.1, 0.15) is 0 Å². The lowest BCUT2D eigenvalue weighted by molar-refractivity contribution is -0.140. The topological polar surface area (TPSA) is 79.0 Å². The fourth-order valence-corrected chi connectivity index (χ4v) is 4.51. The molecule has 24 heavy (non-hydrogen) atoms. The SMILES string of the molecule is O=C(NCCN1C(=O)C2C3C=CC(CC3)C2C1=O)N1CCOCC1. The average molecular weight is 333 g/mol. The Labute approximate surface area is 141 Å². The van der Waals surface area contributed by atoms with Crippen LogP contribution in [0, 0.1) is 23.7 Å². The van der Waals surface area contributed by atoms with Crippen molar-refractivity contribution in [1.82, 2.24) is 15.1 Å². The van der Waals surface area contributed by atoms with Gasteiger partial charge in [0.05, 0.1) is 25.0 Å². The highest BCUT2D eigenvalue weighted by atomic mass is 16.5. The highest BCUT2D eigenvalue weighted by Crippen LogP contribution is 2.49. The molecule has 1 saturated carbocycles. The second kappa shape index (κ2) is 6.20. The molecule has 5 aliphatic rings. The van der Waals surface area contributed by atoms with Gasteiger partial charge in [0.15, 0.2) is 0 Å². The summed E-state index contributed by atoms with van der Waals surface area (Å²) in [5.74, 6) is -0.0180. The molecule has 130 valence electrons. The van der Waals surface area contributed by atoms with E-state index in [1.54, 1.807) is 4.90 Å². The van der Waals surface area contributed by atoms with Crippen molar-refractivity contribution >= 4 is 17.8 Å². The van der Waals surface area contributed by atoms with E-state index in [2.05, 4.69) is 17.5 Å². The number of hydrogen-bond donors (Lipinski definition) is 1. The van der Waals surface area contributed by atoms with Crippen molar-refractivity contribution < 1.29 is 19.1 Å². The minimum absolute atomic E-state index is 0.0512. The highest BCUT2D eigenvalue weighted by Gasteiger charge is 2.56. The third-order valence-electron chi connectivity index (χ3n) is 5.76. The molecule has 0 aromatic carbocycles. The van der Waals surface area contributed by atoms with E-state index in [4.69, 9.17) is 4.74 Å². The van der Waals surface area contributed by atoms with Gasteiger partial charge in [-0.1, -0.05) is 12.2 Å². The van der Waals surface area contributed by atoms with Crippen LogP contribution in [-0.2, 0) is 14.3 Å². The molecule has 0 spiro atoms. The Morgan fingerprint density at radius 3 is 2.21 bits per heavy atom. The third kappa shape index (κ3) is 2.51. The van der Waals surface area contributed by atoms with Crippen LogP contribution in [0.15, 0.2) is 12.2 Å². The van der Waals surface area contributed by atoms with Gasteiger partial charge in [-0.3, -0.25) is 14.5 Å². The zero-order chi connectivity index (χ0) is 16.7. The van der Waals surface area contributed by atoms with Gasteiger partial charge in [0.25, 0.3) is 0 Å². The molecule has 4 atom stereocenters. The number of likely N-dealkylation sites (tertiary alicyclic amines) is 1. The Hall–Kier alpha value is -1.89. The van der Waals surface area contributed by atoms with Crippen LogP contribution in [-0.4, -0.2) is 67.0 Å². The number of urea groups is 1. The van der Waals surface area contributed by atoms with Crippen LogP contribution in [0.1, 0.15) is 12.8 Å². The minimum Gasteiger partial charge on any atom is -0.378 e. The molecule has 7 nitrogen and oxygen atoms in total. The van der Waals surface area contributed by atoms with Gasteiger partial charge >= 0.3 is 6.03 Å². The smallest absolute Gasteiger partial charge is 0.317 e. The molecule has 2 heterocycles. The first-order valence-corrected chi connectivity index (χ1v) is 8.81. The molecule has 3 aliphatic carbocycles. The van der Waals surface area contributed by atoms with E-state index in [1.165, 1.54) is 4.90 Å². The van der Waals surface area contributed by atoms with Crippen molar-refractivity contribution in [2.75, 3.05) is 39.4 Å². The number of amides is 4. The van der Waals surface area contributed by atoms with Crippen molar-refractivity contribution in [1.29, 1.82) is 0 Å². The molecule has 2 aliphatic heterocycles. The van der Waals surface area contributed by atoms with E-state index in [0.717, 1.165) is 12.8 Å². The molecule has 4 amide bonds. The summed E-state index contributed by atoms with van der Waals surface area (Å²) in [5.41, 5.74) is 0. The number of fused-ring (bicyclic) bond motifs is 1. The van der Waals surface area contributed by atoms with E-state index >= 15 is 0 Å². The molecule has 1 N–H and O–H groups in total. The second-order valence-corrected chi connectivity index (χ2v) is 7.00. The number of nitrogens with zero attached hydrogens (tertiary/aromatic N) is 2. The molecule has 7 heteroatoms. The molecule has 5 rings (SSSR count). The van der Waals surface area contributed by atoms with Crippen LogP contribution in [0.3, 0.4) is 0 Å². The average Bonchev–Trinajstić information content (AvgIpc) is 2.90. The first-order chi connectivity index (χ1) is 11.7. The quantitative estimate of drug-likeness (QED) is 0.592. The van der Waals surface area contributed by atoms with E-state index in [1.807, 2.05) is 0 Å². The maximum absolute atomic E-state index is 12.6. The number of hydrogen-bond acceptors (Lipinski definition) is 4. The summed E-state index contributed by atoms with van der Waals surface area (Å²) in [5, 5.41) is 2.81. The molecule has 3 fully saturated rings. The summed E-state index contributed by atoms with van der Waals surface area (Å²) in [6.45, 7) is 2.82. The van der Waals surface area contributed by atoms with Crippen LogP contribution in [0.25, 0.3) is 0 Å². The summed E-state index contributed by atoms with van der Waals surface area (Å²) in [6, 6.07) is -0.156. The van der Waals surface area contributed by atoms with Crippen LogP contribution in [0.4, 0.5) is 4.79 Å². The number of allylic oxidation sites excluding steroid dienone is 2. The van der Waals surface area contributed by atoms with Crippen molar-refractivity contribution in [3.8, 4) is 0 Å². The fourth-order valence-electron chi connectivity index (χ4n) is 4.51. The zero-order valence-corrected chi connectivity index (χ0v) is 13.6. The number of carbonyl (C=O) groups is 3. The fraction of sp³-hybridized carbons (Fsp3) is 0.706. The summed E-state index contributed by atoms with van der Waals surface area (Å²) in [6.07, 6.45) is 6.24. The summed E-state index contributed by atoms with van der Waals surface area (Å²) in [4.78, 5) is 40.4. The van der Waals surface area contributed by atoms with Gasteiger partial charge < -0.3 is 15.0 Å².